The van der Waals surface area contributed by atoms with Gasteiger partial charge in [0.15, 0.2) is 0 Å². The molecule has 2 aliphatic rings. The molecule has 1 aliphatic heterocycles. The summed E-state index contributed by atoms with van der Waals surface area (Å²) in [5, 5.41) is 12.3. The van der Waals surface area contributed by atoms with Gasteiger partial charge in [0.1, 0.15) is 12.4 Å². The highest BCUT2D eigenvalue weighted by atomic mass is 32.1. The predicted octanol–water partition coefficient (Wildman–Crippen LogP) is 3.34. The third-order valence-corrected chi connectivity index (χ3v) is 7.34. The zero-order valence-corrected chi connectivity index (χ0v) is 20.1. The van der Waals surface area contributed by atoms with Crippen molar-refractivity contribution < 1.29 is 19.4 Å². The standard InChI is InChI=1S/C25H34N2O4S/c1-17-4-7-23(18(2)12-17)31-16-22-21-9-11-32-24(21)8-10-27(22)25(29)14-26(19-5-6-19)13-20(28)15-30-3/h4,7,9,11-12,19-20,22,28H,5-6,8,10,13-16H2,1-3H3. The van der Waals surface area contributed by atoms with Crippen LogP contribution in [-0.2, 0) is 16.0 Å². The summed E-state index contributed by atoms with van der Waals surface area (Å²) in [6.45, 7) is 6.34. The van der Waals surface area contributed by atoms with Gasteiger partial charge in [-0.15, -0.1) is 11.3 Å². The minimum atomic E-state index is -0.582. The van der Waals surface area contributed by atoms with Gasteiger partial charge in [0.2, 0.25) is 5.91 Å². The Labute approximate surface area is 194 Å². The first-order chi connectivity index (χ1) is 15.5. The molecule has 7 heteroatoms. The number of carbonyl (C=O) groups excluding carboxylic acids is 1. The normalized spacial score (nSPS) is 19.2. The third-order valence-electron chi connectivity index (χ3n) is 6.35. The summed E-state index contributed by atoms with van der Waals surface area (Å²) in [6.07, 6.45) is 2.47. The lowest BCUT2D eigenvalue weighted by molar-refractivity contribution is -0.136. The molecule has 1 amide bonds. The van der Waals surface area contributed by atoms with Crippen LogP contribution in [-0.4, -0.2) is 72.9 Å². The van der Waals surface area contributed by atoms with Gasteiger partial charge in [0.25, 0.3) is 0 Å². The Morgan fingerprint density at radius 2 is 2.12 bits per heavy atom. The number of hydrogen-bond acceptors (Lipinski definition) is 6. The number of rotatable bonds is 10. The van der Waals surface area contributed by atoms with Gasteiger partial charge in [0, 0.05) is 31.1 Å². The summed E-state index contributed by atoms with van der Waals surface area (Å²) in [5.74, 6) is 0.972. The van der Waals surface area contributed by atoms with Crippen LogP contribution in [0.25, 0.3) is 0 Å². The molecule has 6 nitrogen and oxygen atoms in total. The van der Waals surface area contributed by atoms with Crippen molar-refractivity contribution >= 4 is 17.2 Å². The fourth-order valence-corrected chi connectivity index (χ4v) is 5.50. The summed E-state index contributed by atoms with van der Waals surface area (Å²) in [4.78, 5) is 18.9. The van der Waals surface area contributed by atoms with Gasteiger partial charge in [-0.3, -0.25) is 9.69 Å². The first-order valence-corrected chi connectivity index (χ1v) is 12.3. The van der Waals surface area contributed by atoms with Gasteiger partial charge in [-0.2, -0.15) is 0 Å². The molecule has 4 rings (SSSR count). The molecule has 0 saturated heterocycles. The van der Waals surface area contributed by atoms with E-state index in [2.05, 4.69) is 42.3 Å². The average Bonchev–Trinajstić information content (AvgIpc) is 3.49. The molecular weight excluding hydrogens is 424 g/mol. The smallest absolute Gasteiger partial charge is 0.237 e. The lowest BCUT2D eigenvalue weighted by atomic mass is 10.00. The third kappa shape index (κ3) is 5.52. The quantitative estimate of drug-likeness (QED) is 0.592. The lowest BCUT2D eigenvalue weighted by Gasteiger charge is -2.37. The van der Waals surface area contributed by atoms with Crippen LogP contribution in [0.2, 0.25) is 0 Å². The van der Waals surface area contributed by atoms with E-state index < -0.39 is 6.10 Å². The average molecular weight is 459 g/mol. The molecular formula is C25H34N2O4S. The zero-order valence-electron chi connectivity index (χ0n) is 19.3. The number of nitrogens with zero attached hydrogens (tertiary/aromatic N) is 2. The highest BCUT2D eigenvalue weighted by molar-refractivity contribution is 7.10. The molecule has 2 unspecified atom stereocenters. The van der Waals surface area contributed by atoms with Gasteiger partial charge in [-0.1, -0.05) is 17.7 Å². The number of aryl methyl sites for hydroxylation is 2. The van der Waals surface area contributed by atoms with Crippen LogP contribution in [0, 0.1) is 13.8 Å². The number of ether oxygens (including phenoxy) is 2. The maximum absolute atomic E-state index is 13.5. The van der Waals surface area contributed by atoms with Crippen LogP contribution in [0.4, 0.5) is 0 Å². The molecule has 0 bridgehead atoms. The molecule has 1 fully saturated rings. The van der Waals surface area contributed by atoms with E-state index in [1.807, 2.05) is 11.0 Å². The summed E-state index contributed by atoms with van der Waals surface area (Å²) >= 11 is 1.76. The number of thiophene rings is 1. The van der Waals surface area contributed by atoms with E-state index in [1.54, 1.807) is 18.4 Å². The van der Waals surface area contributed by atoms with E-state index in [9.17, 15) is 9.90 Å². The number of amides is 1. The molecule has 1 aliphatic carbocycles. The van der Waals surface area contributed by atoms with Crippen molar-refractivity contribution in [3.63, 3.8) is 0 Å². The second kappa shape index (κ2) is 10.3. The summed E-state index contributed by atoms with van der Waals surface area (Å²) < 4.78 is 11.3. The van der Waals surface area contributed by atoms with Crippen molar-refractivity contribution in [2.75, 3.05) is 40.0 Å². The molecule has 32 heavy (non-hydrogen) atoms. The van der Waals surface area contributed by atoms with E-state index in [-0.39, 0.29) is 18.6 Å². The van der Waals surface area contributed by atoms with E-state index >= 15 is 0 Å². The molecule has 2 atom stereocenters. The molecule has 1 aromatic carbocycles. The van der Waals surface area contributed by atoms with Crippen molar-refractivity contribution in [1.82, 2.24) is 9.80 Å². The predicted molar refractivity (Wildman–Crippen MR) is 126 cm³/mol. The molecule has 2 heterocycles. The maximum atomic E-state index is 13.5. The second-order valence-corrected chi connectivity index (χ2v) is 10.0. The topological polar surface area (TPSA) is 62.2 Å². The zero-order chi connectivity index (χ0) is 22.7. The van der Waals surface area contributed by atoms with Gasteiger partial charge < -0.3 is 19.5 Å². The Morgan fingerprint density at radius 3 is 2.84 bits per heavy atom. The number of benzene rings is 1. The largest absolute Gasteiger partial charge is 0.491 e. The van der Waals surface area contributed by atoms with Crippen LogP contribution in [0.3, 0.4) is 0 Å². The molecule has 2 aromatic rings. The minimum Gasteiger partial charge on any atom is -0.491 e. The van der Waals surface area contributed by atoms with Crippen LogP contribution in [0.1, 0.15) is 40.5 Å². The Balaban J connectivity index is 1.47. The fourth-order valence-electron chi connectivity index (χ4n) is 4.57. The van der Waals surface area contributed by atoms with Gasteiger partial charge >= 0.3 is 0 Å². The SMILES string of the molecule is COCC(O)CN(CC(=O)N1CCc2sccc2C1COc1ccc(C)cc1C)C1CC1. The molecule has 0 radical (unpaired) electrons. The number of fused-ring (bicyclic) bond motifs is 1. The fraction of sp³-hybridized carbons (Fsp3) is 0.560. The molecule has 174 valence electrons. The van der Waals surface area contributed by atoms with E-state index in [4.69, 9.17) is 9.47 Å². The monoisotopic (exact) mass is 458 g/mol. The van der Waals surface area contributed by atoms with Crippen LogP contribution >= 0.6 is 11.3 Å². The van der Waals surface area contributed by atoms with E-state index in [0.29, 0.717) is 32.3 Å². The summed E-state index contributed by atoms with van der Waals surface area (Å²) in [6, 6.07) is 8.62. The Morgan fingerprint density at radius 1 is 1.31 bits per heavy atom. The van der Waals surface area contributed by atoms with Crippen LogP contribution < -0.4 is 4.74 Å². The van der Waals surface area contributed by atoms with Gasteiger partial charge in [-0.05, 0) is 61.7 Å². The maximum Gasteiger partial charge on any atom is 0.237 e. The molecule has 1 N–H and O–H groups in total. The summed E-state index contributed by atoms with van der Waals surface area (Å²) in [7, 11) is 1.59. The first-order valence-electron chi connectivity index (χ1n) is 11.4. The van der Waals surface area contributed by atoms with Crippen molar-refractivity contribution in [2.45, 2.75) is 51.3 Å². The highest BCUT2D eigenvalue weighted by Crippen LogP contribution is 2.35. The number of carbonyl (C=O) groups is 1. The first kappa shape index (κ1) is 23.2. The second-order valence-electron chi connectivity index (χ2n) is 9.00. The van der Waals surface area contributed by atoms with E-state index in [0.717, 1.165) is 30.6 Å². The number of aliphatic hydroxyl groups is 1. The van der Waals surface area contributed by atoms with Crippen LogP contribution in [0.15, 0.2) is 29.6 Å². The van der Waals surface area contributed by atoms with Crippen molar-refractivity contribution in [3.8, 4) is 5.75 Å². The minimum absolute atomic E-state index is 0.0943. The number of methoxy groups -OCH3 is 1. The van der Waals surface area contributed by atoms with Crippen LogP contribution in [0.5, 0.6) is 5.75 Å². The summed E-state index contributed by atoms with van der Waals surface area (Å²) in [5.41, 5.74) is 3.52. The molecule has 1 saturated carbocycles. The number of hydrogen-bond donors (Lipinski definition) is 1. The number of aliphatic hydroxyl groups excluding tert-OH is 1. The lowest BCUT2D eigenvalue weighted by Crippen LogP contribution is -2.48. The van der Waals surface area contributed by atoms with E-state index in [1.165, 1.54) is 16.0 Å². The molecule has 0 spiro atoms. The Hall–Kier alpha value is -1.93. The Bertz CT molecular complexity index is 926. The molecule has 1 aromatic heterocycles. The van der Waals surface area contributed by atoms with Crippen molar-refractivity contribution in [1.29, 1.82) is 0 Å². The van der Waals surface area contributed by atoms with Gasteiger partial charge in [0.05, 0.1) is 25.3 Å². The highest BCUT2D eigenvalue weighted by Gasteiger charge is 2.36. The van der Waals surface area contributed by atoms with Crippen molar-refractivity contribution in [3.05, 3.63) is 51.2 Å². The van der Waals surface area contributed by atoms with Crippen molar-refractivity contribution in [2.24, 2.45) is 0 Å². The van der Waals surface area contributed by atoms with Gasteiger partial charge in [-0.25, -0.2) is 0 Å². The Kier molecular flexibility index (Phi) is 7.51.